The van der Waals surface area contributed by atoms with Gasteiger partial charge in [0.1, 0.15) is 0 Å². The molecule has 0 aliphatic heterocycles. The van der Waals surface area contributed by atoms with Crippen LogP contribution in [0.15, 0.2) is 35.8 Å². The molecular formula is C8H6BrNO2. The van der Waals surface area contributed by atoms with Gasteiger partial charge >= 0.3 is 5.97 Å². The van der Waals surface area contributed by atoms with Gasteiger partial charge in [0.15, 0.2) is 0 Å². The van der Waals surface area contributed by atoms with E-state index in [1.54, 1.807) is 12.3 Å². The molecule has 62 valence electrons. The molecule has 12 heavy (non-hydrogen) atoms. The maximum absolute atomic E-state index is 11.0. The van der Waals surface area contributed by atoms with E-state index in [0.717, 1.165) is 10.7 Å². The lowest BCUT2D eigenvalue weighted by Crippen LogP contribution is -2.00. The molecule has 0 unspecified atom stereocenters. The number of rotatable bonds is 2. The number of hydrogen-bond acceptors (Lipinski definition) is 3. The fraction of sp³-hybridized carbons (Fsp3) is 0. The van der Waals surface area contributed by atoms with Gasteiger partial charge in [0.05, 0.1) is 11.8 Å². The monoisotopic (exact) mass is 227 g/mol. The average molecular weight is 228 g/mol. The first-order valence-corrected chi connectivity index (χ1v) is 3.96. The van der Waals surface area contributed by atoms with Crippen molar-refractivity contribution in [2.24, 2.45) is 0 Å². The van der Waals surface area contributed by atoms with E-state index in [9.17, 15) is 4.79 Å². The predicted molar refractivity (Wildman–Crippen MR) is 47.5 cm³/mol. The number of carbonyl (C=O) groups excluding carboxylic acids is 1. The van der Waals surface area contributed by atoms with Gasteiger partial charge in [0, 0.05) is 16.9 Å². The third-order valence-electron chi connectivity index (χ3n) is 1.13. The Morgan fingerprint density at radius 1 is 1.67 bits per heavy atom. The third-order valence-corrected chi connectivity index (χ3v) is 1.56. The van der Waals surface area contributed by atoms with E-state index in [1.807, 2.05) is 0 Å². The molecule has 0 amide bonds. The molecule has 1 aromatic rings. The summed E-state index contributed by atoms with van der Waals surface area (Å²) in [5.74, 6) is -0.459. The Balaban J connectivity index is 2.87. The zero-order valence-corrected chi connectivity index (χ0v) is 7.74. The van der Waals surface area contributed by atoms with Gasteiger partial charge < -0.3 is 4.74 Å². The van der Waals surface area contributed by atoms with Crippen LogP contribution in [-0.2, 0) is 4.74 Å². The molecule has 0 N–H and O–H groups in total. The second-order valence-corrected chi connectivity index (χ2v) is 2.88. The van der Waals surface area contributed by atoms with Crippen molar-refractivity contribution in [3.8, 4) is 0 Å². The molecule has 1 aromatic heterocycles. The molecular weight excluding hydrogens is 222 g/mol. The molecule has 0 aliphatic rings. The maximum Gasteiger partial charge on any atom is 0.344 e. The second-order valence-electron chi connectivity index (χ2n) is 1.96. The normalized spacial score (nSPS) is 9.08. The Morgan fingerprint density at radius 2 is 2.42 bits per heavy atom. The minimum atomic E-state index is -0.459. The average Bonchev–Trinajstić information content (AvgIpc) is 2.05. The van der Waals surface area contributed by atoms with E-state index < -0.39 is 5.97 Å². The number of nitrogens with zero attached hydrogens (tertiary/aromatic N) is 1. The number of pyridine rings is 1. The van der Waals surface area contributed by atoms with Crippen molar-refractivity contribution in [3.05, 3.63) is 41.3 Å². The Hall–Kier alpha value is -1.16. The summed E-state index contributed by atoms with van der Waals surface area (Å²) in [5, 5.41) is 0. The van der Waals surface area contributed by atoms with Crippen LogP contribution in [0.4, 0.5) is 0 Å². The molecule has 0 saturated heterocycles. The number of halogens is 1. The van der Waals surface area contributed by atoms with Gasteiger partial charge in [-0.15, -0.1) is 0 Å². The number of hydrogen-bond donors (Lipinski definition) is 0. The highest BCUT2D eigenvalue weighted by Crippen LogP contribution is 2.10. The summed E-state index contributed by atoms with van der Waals surface area (Å²) >= 11 is 3.19. The zero-order chi connectivity index (χ0) is 8.97. The van der Waals surface area contributed by atoms with Crippen molar-refractivity contribution in [2.45, 2.75) is 0 Å². The Morgan fingerprint density at radius 3 is 3.00 bits per heavy atom. The molecule has 0 spiro atoms. The zero-order valence-electron chi connectivity index (χ0n) is 6.16. The summed E-state index contributed by atoms with van der Waals surface area (Å²) in [6.07, 6.45) is 4.10. The van der Waals surface area contributed by atoms with E-state index in [1.165, 1.54) is 6.20 Å². The van der Waals surface area contributed by atoms with Crippen molar-refractivity contribution in [1.29, 1.82) is 0 Å². The van der Waals surface area contributed by atoms with E-state index in [0.29, 0.717) is 5.56 Å². The molecule has 1 rings (SSSR count). The summed E-state index contributed by atoms with van der Waals surface area (Å²) in [5.41, 5.74) is 0.393. The maximum atomic E-state index is 11.0. The molecule has 0 saturated carbocycles. The minimum absolute atomic E-state index is 0.393. The van der Waals surface area contributed by atoms with Crippen molar-refractivity contribution >= 4 is 21.9 Å². The predicted octanol–water partition coefficient (Wildman–Crippen LogP) is 2.14. The summed E-state index contributed by atoms with van der Waals surface area (Å²) in [6, 6.07) is 1.62. The molecule has 0 radical (unpaired) electrons. The van der Waals surface area contributed by atoms with Gasteiger partial charge in [-0.3, -0.25) is 4.98 Å². The third kappa shape index (κ3) is 2.17. The van der Waals surface area contributed by atoms with Crippen LogP contribution in [-0.4, -0.2) is 11.0 Å². The summed E-state index contributed by atoms with van der Waals surface area (Å²) in [7, 11) is 0. The first-order chi connectivity index (χ1) is 5.74. The Kier molecular flexibility index (Phi) is 2.99. The fourth-order valence-corrected chi connectivity index (χ4v) is 1.03. The summed E-state index contributed by atoms with van der Waals surface area (Å²) < 4.78 is 5.28. The van der Waals surface area contributed by atoms with Gasteiger partial charge in [-0.25, -0.2) is 4.79 Å². The van der Waals surface area contributed by atoms with E-state index in [4.69, 9.17) is 0 Å². The molecule has 4 heteroatoms. The van der Waals surface area contributed by atoms with Gasteiger partial charge in [-0.05, 0) is 22.0 Å². The van der Waals surface area contributed by atoms with Crippen molar-refractivity contribution < 1.29 is 9.53 Å². The lowest BCUT2D eigenvalue weighted by atomic mass is 10.3. The van der Waals surface area contributed by atoms with Crippen LogP contribution in [0.1, 0.15) is 10.4 Å². The van der Waals surface area contributed by atoms with Gasteiger partial charge in [-0.2, -0.15) is 0 Å². The van der Waals surface area contributed by atoms with Crippen LogP contribution < -0.4 is 0 Å². The van der Waals surface area contributed by atoms with Crippen molar-refractivity contribution in [1.82, 2.24) is 4.98 Å². The number of aromatic nitrogens is 1. The molecule has 0 fully saturated rings. The van der Waals surface area contributed by atoms with Crippen LogP contribution in [0.2, 0.25) is 0 Å². The second kappa shape index (κ2) is 4.01. The lowest BCUT2D eigenvalue weighted by molar-refractivity contribution is 0.0663. The van der Waals surface area contributed by atoms with Gasteiger partial charge in [-0.1, -0.05) is 6.58 Å². The highest BCUT2D eigenvalue weighted by atomic mass is 79.9. The van der Waals surface area contributed by atoms with Crippen LogP contribution in [0.5, 0.6) is 0 Å². The van der Waals surface area contributed by atoms with Crippen LogP contribution in [0.25, 0.3) is 0 Å². The molecule has 0 atom stereocenters. The first-order valence-electron chi connectivity index (χ1n) is 3.16. The summed E-state index contributed by atoms with van der Waals surface area (Å²) in [6.45, 7) is 3.27. The standard InChI is InChI=1S/C8H6BrNO2/c1-2-12-8(11)6-3-7(9)5-10-4-6/h2-5H,1H2. The smallest absolute Gasteiger partial charge is 0.344 e. The molecule has 1 heterocycles. The minimum Gasteiger partial charge on any atom is -0.431 e. The SMILES string of the molecule is C=COC(=O)c1cncc(Br)c1. The van der Waals surface area contributed by atoms with E-state index >= 15 is 0 Å². The molecule has 0 aliphatic carbocycles. The fourth-order valence-electron chi connectivity index (χ4n) is 0.667. The number of ether oxygens (including phenoxy) is 1. The van der Waals surface area contributed by atoms with Crippen LogP contribution in [0.3, 0.4) is 0 Å². The quantitative estimate of drug-likeness (QED) is 0.575. The summed E-state index contributed by atoms with van der Waals surface area (Å²) in [4.78, 5) is 14.8. The lowest BCUT2D eigenvalue weighted by Gasteiger charge is -1.97. The van der Waals surface area contributed by atoms with Gasteiger partial charge in [0.25, 0.3) is 0 Å². The number of esters is 1. The van der Waals surface area contributed by atoms with Crippen LogP contribution in [0, 0.1) is 0 Å². The highest BCUT2D eigenvalue weighted by Gasteiger charge is 2.05. The molecule has 0 bridgehead atoms. The molecule has 0 aromatic carbocycles. The Labute approximate surface area is 78.2 Å². The highest BCUT2D eigenvalue weighted by molar-refractivity contribution is 9.10. The van der Waals surface area contributed by atoms with E-state index in [2.05, 4.69) is 32.2 Å². The van der Waals surface area contributed by atoms with E-state index in [-0.39, 0.29) is 0 Å². The topological polar surface area (TPSA) is 39.2 Å². The largest absolute Gasteiger partial charge is 0.431 e. The van der Waals surface area contributed by atoms with Crippen molar-refractivity contribution in [2.75, 3.05) is 0 Å². The Bertz CT molecular complexity index is 312. The number of carbonyl (C=O) groups is 1. The van der Waals surface area contributed by atoms with Crippen molar-refractivity contribution in [3.63, 3.8) is 0 Å². The molecule has 3 nitrogen and oxygen atoms in total. The first kappa shape index (κ1) is 8.93. The van der Waals surface area contributed by atoms with Crippen LogP contribution >= 0.6 is 15.9 Å². The van der Waals surface area contributed by atoms with Gasteiger partial charge in [0.2, 0.25) is 0 Å².